The maximum atomic E-state index is 12.3. The van der Waals surface area contributed by atoms with Gasteiger partial charge in [0, 0.05) is 0 Å². The minimum absolute atomic E-state index is 0.0955. The van der Waals surface area contributed by atoms with Gasteiger partial charge in [0.05, 0.1) is 22.0 Å². The van der Waals surface area contributed by atoms with Crippen molar-refractivity contribution in [2.24, 2.45) is 4.99 Å². The summed E-state index contributed by atoms with van der Waals surface area (Å²) in [4.78, 5) is 29.9. The summed E-state index contributed by atoms with van der Waals surface area (Å²) in [6, 6.07) is 15.9. The number of para-hydroxylation sites is 1. The van der Waals surface area contributed by atoms with Gasteiger partial charge in [0.1, 0.15) is 0 Å². The van der Waals surface area contributed by atoms with Crippen LogP contribution in [0.4, 0.5) is 5.69 Å². The molecule has 2 aromatic rings. The molecule has 1 aliphatic rings. The fourth-order valence-corrected chi connectivity index (χ4v) is 3.14. The van der Waals surface area contributed by atoms with Crippen LogP contribution < -0.4 is 4.90 Å². The van der Waals surface area contributed by atoms with E-state index in [0.29, 0.717) is 21.4 Å². The van der Waals surface area contributed by atoms with Crippen molar-refractivity contribution in [2.45, 2.75) is 0 Å². The van der Waals surface area contributed by atoms with Crippen LogP contribution in [0.25, 0.3) is 0 Å². The molecule has 0 unspecified atom stereocenters. The molecular formula is C16H11ClN2O2S. The van der Waals surface area contributed by atoms with Crippen LogP contribution in [0.5, 0.6) is 0 Å². The minimum atomic E-state index is -0.455. The van der Waals surface area contributed by atoms with Crippen molar-refractivity contribution in [1.29, 1.82) is 0 Å². The molecule has 4 nitrogen and oxygen atoms in total. The van der Waals surface area contributed by atoms with Crippen LogP contribution in [0.2, 0.25) is 5.02 Å². The molecule has 1 saturated heterocycles. The molecule has 1 aliphatic heterocycles. The number of hydrogen-bond donors (Lipinski definition) is 0. The van der Waals surface area contributed by atoms with Crippen LogP contribution in [-0.4, -0.2) is 22.7 Å². The fraction of sp³-hybridized carbons (Fsp3) is 0.0625. The molecule has 6 heteroatoms. The van der Waals surface area contributed by atoms with Crippen molar-refractivity contribution < 1.29 is 9.59 Å². The predicted molar refractivity (Wildman–Crippen MR) is 89.6 cm³/mol. The van der Waals surface area contributed by atoms with E-state index in [9.17, 15) is 9.59 Å². The lowest BCUT2D eigenvalue weighted by atomic mass is 10.2. The number of hydrogen-bond acceptors (Lipinski definition) is 3. The zero-order valence-corrected chi connectivity index (χ0v) is 13.0. The second-order valence-electron chi connectivity index (χ2n) is 4.53. The SMILES string of the molecule is O=C(N=C1SCC(=O)N1c1ccccc1)c1ccccc1Cl. The molecule has 2 aromatic carbocycles. The molecule has 0 bridgehead atoms. The molecule has 1 fully saturated rings. The highest BCUT2D eigenvalue weighted by molar-refractivity contribution is 8.15. The lowest BCUT2D eigenvalue weighted by molar-refractivity contribution is -0.115. The Labute approximate surface area is 136 Å². The molecule has 2 amide bonds. The number of benzene rings is 2. The van der Waals surface area contributed by atoms with E-state index in [4.69, 9.17) is 11.6 Å². The van der Waals surface area contributed by atoms with Crippen molar-refractivity contribution in [1.82, 2.24) is 0 Å². The Morgan fingerprint density at radius 1 is 1.09 bits per heavy atom. The van der Waals surface area contributed by atoms with Gasteiger partial charge < -0.3 is 0 Å². The van der Waals surface area contributed by atoms with Gasteiger partial charge in [-0.05, 0) is 24.3 Å². The van der Waals surface area contributed by atoms with Gasteiger partial charge in [-0.3, -0.25) is 14.5 Å². The lowest BCUT2D eigenvalue weighted by Gasteiger charge is -2.15. The van der Waals surface area contributed by atoms with Gasteiger partial charge in [0.25, 0.3) is 5.91 Å². The van der Waals surface area contributed by atoms with E-state index in [0.717, 1.165) is 0 Å². The third kappa shape index (κ3) is 2.91. The van der Waals surface area contributed by atoms with Gasteiger partial charge >= 0.3 is 0 Å². The Morgan fingerprint density at radius 3 is 2.50 bits per heavy atom. The number of amidine groups is 1. The molecule has 0 saturated carbocycles. The monoisotopic (exact) mass is 330 g/mol. The Balaban J connectivity index is 1.95. The smallest absolute Gasteiger partial charge is 0.273 e. The van der Waals surface area contributed by atoms with Gasteiger partial charge in [-0.1, -0.05) is 53.7 Å². The van der Waals surface area contributed by atoms with Gasteiger partial charge in [0.2, 0.25) is 5.91 Å². The first-order chi connectivity index (χ1) is 10.7. The highest BCUT2D eigenvalue weighted by Crippen LogP contribution is 2.27. The van der Waals surface area contributed by atoms with Crippen molar-refractivity contribution in [2.75, 3.05) is 10.7 Å². The minimum Gasteiger partial charge on any atom is -0.273 e. The summed E-state index contributed by atoms with van der Waals surface area (Å²) in [7, 11) is 0. The fourth-order valence-electron chi connectivity index (χ4n) is 2.06. The summed E-state index contributed by atoms with van der Waals surface area (Å²) in [6.07, 6.45) is 0. The number of halogens is 1. The van der Waals surface area contributed by atoms with E-state index in [1.807, 2.05) is 18.2 Å². The molecule has 0 radical (unpaired) electrons. The summed E-state index contributed by atoms with van der Waals surface area (Å²) in [5.74, 6) is -0.283. The molecule has 110 valence electrons. The third-order valence-electron chi connectivity index (χ3n) is 3.08. The number of nitrogens with zero attached hydrogens (tertiary/aromatic N) is 2. The summed E-state index contributed by atoms with van der Waals surface area (Å²) >= 11 is 7.25. The normalized spacial score (nSPS) is 16.3. The molecule has 0 N–H and O–H groups in total. The molecule has 0 atom stereocenters. The van der Waals surface area contributed by atoms with Crippen molar-refractivity contribution >= 4 is 46.0 Å². The lowest BCUT2D eigenvalue weighted by Crippen LogP contribution is -2.29. The Hall–Kier alpha value is -2.11. The maximum Gasteiger partial charge on any atom is 0.280 e. The van der Waals surface area contributed by atoms with Crippen molar-refractivity contribution in [3.63, 3.8) is 0 Å². The van der Waals surface area contributed by atoms with Gasteiger partial charge in [-0.15, -0.1) is 0 Å². The average molecular weight is 331 g/mol. The molecule has 0 aromatic heterocycles. The van der Waals surface area contributed by atoms with E-state index >= 15 is 0 Å². The number of aliphatic imine (C=N–C) groups is 1. The number of anilines is 1. The van der Waals surface area contributed by atoms with Crippen molar-refractivity contribution in [3.05, 3.63) is 65.2 Å². The maximum absolute atomic E-state index is 12.3. The van der Waals surface area contributed by atoms with Gasteiger partial charge in [0.15, 0.2) is 5.17 Å². The van der Waals surface area contributed by atoms with E-state index < -0.39 is 5.91 Å². The topological polar surface area (TPSA) is 49.7 Å². The number of carbonyl (C=O) groups is 2. The van der Waals surface area contributed by atoms with Crippen LogP contribution in [0.15, 0.2) is 59.6 Å². The summed E-state index contributed by atoms with van der Waals surface area (Å²) in [6.45, 7) is 0. The van der Waals surface area contributed by atoms with Crippen LogP contribution in [0.3, 0.4) is 0 Å². The number of amides is 2. The Bertz CT molecular complexity index is 762. The second kappa shape index (κ2) is 6.34. The highest BCUT2D eigenvalue weighted by Gasteiger charge is 2.30. The number of thioether (sulfide) groups is 1. The van der Waals surface area contributed by atoms with Crippen LogP contribution >= 0.6 is 23.4 Å². The van der Waals surface area contributed by atoms with E-state index in [1.165, 1.54) is 16.7 Å². The first-order valence-electron chi connectivity index (χ1n) is 6.55. The van der Waals surface area contributed by atoms with E-state index in [1.54, 1.807) is 36.4 Å². The molecule has 0 aliphatic carbocycles. The van der Waals surface area contributed by atoms with Crippen LogP contribution in [0, 0.1) is 0 Å². The number of carbonyl (C=O) groups excluding carboxylic acids is 2. The molecule has 22 heavy (non-hydrogen) atoms. The second-order valence-corrected chi connectivity index (χ2v) is 5.88. The number of rotatable bonds is 2. The molecular weight excluding hydrogens is 320 g/mol. The average Bonchev–Trinajstić information content (AvgIpc) is 2.89. The Kier molecular flexibility index (Phi) is 4.27. The zero-order chi connectivity index (χ0) is 15.5. The molecule has 1 heterocycles. The summed E-state index contributed by atoms with van der Waals surface area (Å²) in [5.41, 5.74) is 1.02. The largest absolute Gasteiger partial charge is 0.280 e. The summed E-state index contributed by atoms with van der Waals surface area (Å²) < 4.78 is 0. The summed E-state index contributed by atoms with van der Waals surface area (Å²) in [5, 5.41) is 0.721. The quantitative estimate of drug-likeness (QED) is 0.845. The third-order valence-corrected chi connectivity index (χ3v) is 4.33. The van der Waals surface area contributed by atoms with Gasteiger partial charge in [-0.25, -0.2) is 0 Å². The van der Waals surface area contributed by atoms with Crippen LogP contribution in [0.1, 0.15) is 10.4 Å². The molecule has 3 rings (SSSR count). The highest BCUT2D eigenvalue weighted by atomic mass is 35.5. The first kappa shape index (κ1) is 14.8. The standard InChI is InChI=1S/C16H11ClN2O2S/c17-13-9-5-4-8-12(13)15(21)18-16-19(14(20)10-22-16)11-6-2-1-3-7-11/h1-9H,10H2. The Morgan fingerprint density at radius 2 is 1.77 bits per heavy atom. The van der Waals surface area contributed by atoms with E-state index in [2.05, 4.69) is 4.99 Å². The van der Waals surface area contributed by atoms with Gasteiger partial charge in [-0.2, -0.15) is 4.99 Å². The molecule has 0 spiro atoms. The van der Waals surface area contributed by atoms with Crippen LogP contribution in [-0.2, 0) is 4.79 Å². The zero-order valence-electron chi connectivity index (χ0n) is 11.4. The van der Waals surface area contributed by atoms with Crippen molar-refractivity contribution in [3.8, 4) is 0 Å². The predicted octanol–water partition coefficient (Wildman–Crippen LogP) is 3.62. The first-order valence-corrected chi connectivity index (χ1v) is 7.91. The van der Waals surface area contributed by atoms with E-state index in [-0.39, 0.29) is 11.7 Å².